The minimum Gasteiger partial charge on any atom is -0.478 e. The molecule has 0 fully saturated rings. The number of halogens is 2. The minimum atomic E-state index is -3.72. The van der Waals surface area contributed by atoms with Gasteiger partial charge < -0.3 is 14.4 Å². The number of aromatic nitrogens is 3. The Balaban J connectivity index is 1.79. The summed E-state index contributed by atoms with van der Waals surface area (Å²) in [5.74, 6) is -3.47. The predicted octanol–water partition coefficient (Wildman–Crippen LogP) is 4.24. The number of ether oxygens (including phenoxy) is 1. The van der Waals surface area contributed by atoms with Crippen LogP contribution < -0.4 is 0 Å². The molecule has 1 N–H and O–H groups in total. The van der Waals surface area contributed by atoms with E-state index in [1.54, 1.807) is 38.3 Å². The van der Waals surface area contributed by atoms with E-state index in [-0.39, 0.29) is 12.0 Å². The van der Waals surface area contributed by atoms with Gasteiger partial charge >= 0.3 is 5.97 Å². The van der Waals surface area contributed by atoms with Crippen LogP contribution in [0.1, 0.15) is 33.6 Å². The fourth-order valence-corrected chi connectivity index (χ4v) is 6.30. The number of benzene rings is 2. The molecule has 36 heavy (non-hydrogen) atoms. The van der Waals surface area contributed by atoms with Crippen LogP contribution in [0.15, 0.2) is 30.3 Å². The molecular weight excluding hydrogens is 492 g/mol. The van der Waals surface area contributed by atoms with Crippen molar-refractivity contribution in [2.45, 2.75) is 38.7 Å². The Kier molecular flexibility index (Phi) is 5.68. The molecule has 0 bridgehead atoms. The third-order valence-electron chi connectivity index (χ3n) is 6.81. The zero-order valence-electron chi connectivity index (χ0n) is 20.0. The van der Waals surface area contributed by atoms with Gasteiger partial charge in [0, 0.05) is 43.1 Å². The van der Waals surface area contributed by atoms with E-state index in [0.717, 1.165) is 6.26 Å². The molecule has 0 spiro atoms. The third kappa shape index (κ3) is 3.86. The van der Waals surface area contributed by atoms with Crippen LogP contribution in [-0.2, 0) is 34.1 Å². The second-order valence-electron chi connectivity index (χ2n) is 9.21. The molecule has 1 aliphatic rings. The molecule has 2 aromatic heterocycles. The van der Waals surface area contributed by atoms with Crippen LogP contribution in [-0.4, -0.2) is 58.9 Å². The van der Waals surface area contributed by atoms with Gasteiger partial charge in [0.05, 0.1) is 35.0 Å². The van der Waals surface area contributed by atoms with Gasteiger partial charge in [0.2, 0.25) is 10.0 Å². The molecule has 11 heteroatoms. The quantitative estimate of drug-likeness (QED) is 0.410. The number of imidazole rings is 1. The summed E-state index contributed by atoms with van der Waals surface area (Å²) in [6.45, 7) is 2.48. The molecule has 4 aromatic rings. The van der Waals surface area contributed by atoms with Crippen molar-refractivity contribution in [3.8, 4) is 11.4 Å². The summed E-state index contributed by atoms with van der Waals surface area (Å²) >= 11 is 0. The van der Waals surface area contributed by atoms with E-state index in [1.165, 1.54) is 10.0 Å². The summed E-state index contributed by atoms with van der Waals surface area (Å²) in [7, 11) is -2.15. The second kappa shape index (κ2) is 8.38. The van der Waals surface area contributed by atoms with Crippen molar-refractivity contribution in [1.82, 2.24) is 13.5 Å². The minimum absolute atomic E-state index is 0.0388. The van der Waals surface area contributed by atoms with Crippen LogP contribution in [0.5, 0.6) is 0 Å². The highest BCUT2D eigenvalue weighted by molar-refractivity contribution is 7.89. The highest BCUT2D eigenvalue weighted by atomic mass is 32.2. The van der Waals surface area contributed by atoms with Crippen LogP contribution in [0.2, 0.25) is 0 Å². The molecule has 1 aliphatic carbocycles. The molecule has 0 saturated carbocycles. The summed E-state index contributed by atoms with van der Waals surface area (Å²) in [5, 5.41) is 9.98. The molecule has 0 aliphatic heterocycles. The van der Waals surface area contributed by atoms with Gasteiger partial charge in [-0.1, -0.05) is 0 Å². The number of alkyl halides is 2. The maximum atomic E-state index is 14.4. The summed E-state index contributed by atoms with van der Waals surface area (Å²) in [6.07, 6.45) is 0.0893. The third-order valence-corrected chi connectivity index (χ3v) is 7.89. The van der Waals surface area contributed by atoms with E-state index >= 15 is 0 Å². The maximum Gasteiger partial charge on any atom is 0.336 e. The first-order chi connectivity index (χ1) is 16.9. The Hall–Kier alpha value is -3.31. The van der Waals surface area contributed by atoms with Gasteiger partial charge in [-0.25, -0.2) is 30.9 Å². The number of nitrogens with zero attached hydrogens (tertiary/aromatic N) is 3. The lowest BCUT2D eigenvalue weighted by molar-refractivity contribution is -0.0122. The number of carboxylic acid groups (broad SMARTS) is 1. The average molecular weight is 518 g/mol. The van der Waals surface area contributed by atoms with E-state index < -0.39 is 34.8 Å². The topological polar surface area (TPSA) is 103 Å². The molecule has 0 amide bonds. The molecule has 0 saturated heterocycles. The Labute approximate surface area is 206 Å². The zero-order valence-corrected chi connectivity index (χ0v) is 20.8. The van der Waals surface area contributed by atoms with E-state index in [0.29, 0.717) is 63.3 Å². The molecule has 0 radical (unpaired) electrons. The normalized spacial score (nSPS) is 15.5. The molecule has 190 valence electrons. The smallest absolute Gasteiger partial charge is 0.336 e. The Bertz CT molecular complexity index is 1650. The molecule has 2 heterocycles. The van der Waals surface area contributed by atoms with Gasteiger partial charge in [0.15, 0.2) is 0 Å². The van der Waals surface area contributed by atoms with Crippen molar-refractivity contribution in [3.63, 3.8) is 0 Å². The van der Waals surface area contributed by atoms with Gasteiger partial charge in [0.1, 0.15) is 5.82 Å². The van der Waals surface area contributed by atoms with Crippen molar-refractivity contribution in [1.29, 1.82) is 0 Å². The number of rotatable bonds is 6. The van der Waals surface area contributed by atoms with Gasteiger partial charge in [-0.05, 0) is 54.8 Å². The molecule has 5 rings (SSSR count). The molecular formula is C25H25F2N3O5S. The average Bonchev–Trinajstić information content (AvgIpc) is 3.32. The summed E-state index contributed by atoms with van der Waals surface area (Å²) in [6, 6.07) is 8.26. The van der Waals surface area contributed by atoms with Crippen LogP contribution >= 0.6 is 0 Å². The number of hydrogen-bond donors (Lipinski definition) is 1. The maximum absolute atomic E-state index is 14.4. The van der Waals surface area contributed by atoms with Gasteiger partial charge in [-0.3, -0.25) is 0 Å². The summed E-state index contributed by atoms with van der Waals surface area (Å²) in [4.78, 5) is 16.4. The fraction of sp³-hybridized carbons (Fsp3) is 0.360. The molecule has 0 unspecified atom stereocenters. The standard InChI is InChI=1S/C25H25F2N3O5S/c1-14-16(24(31)32)5-7-21-22(14)28-23(29(21)10-11-35-2)15-4-6-19-17(12-15)18-13-25(26,27)9-8-20(18)30(19)36(3,33)34/h4-7,12H,8-11,13H2,1-3H3,(H,31,32). The number of methoxy groups -OCH3 is 1. The van der Waals surface area contributed by atoms with Crippen LogP contribution in [0.25, 0.3) is 33.3 Å². The number of carbonyl (C=O) groups is 1. The molecule has 0 atom stereocenters. The van der Waals surface area contributed by atoms with Crippen molar-refractivity contribution in [2.75, 3.05) is 20.0 Å². The van der Waals surface area contributed by atoms with Crippen molar-refractivity contribution < 1.29 is 31.8 Å². The van der Waals surface area contributed by atoms with Crippen molar-refractivity contribution in [2.24, 2.45) is 0 Å². The van der Waals surface area contributed by atoms with Gasteiger partial charge in [-0.2, -0.15) is 0 Å². The summed E-state index contributed by atoms with van der Waals surface area (Å²) in [5.41, 5.74) is 3.57. The Morgan fingerprint density at radius 1 is 1.22 bits per heavy atom. The predicted molar refractivity (Wildman–Crippen MR) is 131 cm³/mol. The summed E-state index contributed by atoms with van der Waals surface area (Å²) < 4.78 is 62.3. The Morgan fingerprint density at radius 2 is 1.94 bits per heavy atom. The highest BCUT2D eigenvalue weighted by Crippen LogP contribution is 2.41. The first-order valence-corrected chi connectivity index (χ1v) is 13.2. The SMILES string of the molecule is COCCn1c(-c2ccc3c(c2)c2c(n3S(C)(=O)=O)CCC(F)(F)C2)nc2c(C)c(C(=O)O)ccc21. The second-order valence-corrected chi connectivity index (χ2v) is 11.0. The van der Waals surface area contributed by atoms with Crippen molar-refractivity contribution in [3.05, 3.63) is 52.7 Å². The van der Waals surface area contributed by atoms with Gasteiger partial charge in [-0.15, -0.1) is 0 Å². The number of carboxylic acids is 1. The first-order valence-electron chi connectivity index (χ1n) is 11.4. The lowest BCUT2D eigenvalue weighted by Gasteiger charge is -2.23. The number of fused-ring (bicyclic) bond motifs is 4. The van der Waals surface area contributed by atoms with E-state index in [4.69, 9.17) is 9.72 Å². The van der Waals surface area contributed by atoms with Gasteiger partial charge in [0.25, 0.3) is 5.92 Å². The highest BCUT2D eigenvalue weighted by Gasteiger charge is 2.38. The van der Waals surface area contributed by atoms with E-state index in [2.05, 4.69) is 0 Å². The lowest BCUT2D eigenvalue weighted by Crippen LogP contribution is -2.27. The van der Waals surface area contributed by atoms with Crippen LogP contribution in [0.3, 0.4) is 0 Å². The monoisotopic (exact) mass is 517 g/mol. The number of aryl methyl sites for hydroxylation is 1. The fourth-order valence-electron chi connectivity index (χ4n) is 5.18. The van der Waals surface area contributed by atoms with Crippen molar-refractivity contribution >= 4 is 37.9 Å². The van der Waals surface area contributed by atoms with E-state index in [1.807, 2.05) is 4.57 Å². The number of hydrogen-bond acceptors (Lipinski definition) is 5. The number of aromatic carboxylic acids is 1. The Morgan fingerprint density at radius 3 is 2.61 bits per heavy atom. The molecule has 2 aromatic carbocycles. The molecule has 8 nitrogen and oxygen atoms in total. The van der Waals surface area contributed by atoms with Crippen LogP contribution in [0.4, 0.5) is 8.78 Å². The largest absolute Gasteiger partial charge is 0.478 e. The van der Waals surface area contributed by atoms with E-state index in [9.17, 15) is 27.1 Å². The van der Waals surface area contributed by atoms with Crippen LogP contribution in [0, 0.1) is 6.92 Å². The first kappa shape index (κ1) is 24.4. The zero-order chi connectivity index (χ0) is 26.0. The lowest BCUT2D eigenvalue weighted by atomic mass is 9.92.